The lowest BCUT2D eigenvalue weighted by molar-refractivity contribution is 0.309. The quantitative estimate of drug-likeness (QED) is 0.635. The molecule has 0 spiro atoms. The summed E-state index contributed by atoms with van der Waals surface area (Å²) in [6.45, 7) is 6.99. The smallest absolute Gasteiger partial charge is 0.266 e. The highest BCUT2D eigenvalue weighted by Crippen LogP contribution is 2.36. The minimum absolute atomic E-state index is 0.574. The minimum atomic E-state index is -2.48. The molecule has 0 aromatic heterocycles. The molecule has 0 aromatic rings. The topological polar surface area (TPSA) is 38.3 Å². The number of hydrogen-bond acceptors (Lipinski definition) is 2. The first-order chi connectivity index (χ1) is 5.12. The van der Waals surface area contributed by atoms with E-state index in [1.165, 1.54) is 0 Å². The summed E-state index contributed by atoms with van der Waals surface area (Å²) in [5, 5.41) is 2.88. The van der Waals surface area contributed by atoms with Gasteiger partial charge in [0.05, 0.1) is 6.61 Å². The molecule has 0 aromatic carbocycles. The lowest BCUT2D eigenvalue weighted by Gasteiger charge is -2.13. The summed E-state index contributed by atoms with van der Waals surface area (Å²) in [6, 6.07) is 0. The van der Waals surface area contributed by atoms with E-state index in [1.807, 2.05) is 13.8 Å². The van der Waals surface area contributed by atoms with Crippen molar-refractivity contribution in [1.29, 1.82) is 0 Å². The largest absolute Gasteiger partial charge is 0.318 e. The molecular formula is C7H18NO2P. The number of hydrogen-bond donors (Lipinski definition) is 1. The maximum atomic E-state index is 11.4. The van der Waals surface area contributed by atoms with Crippen LogP contribution in [0.5, 0.6) is 0 Å². The molecule has 1 atom stereocenters. The molecule has 0 saturated carbocycles. The van der Waals surface area contributed by atoms with Crippen LogP contribution >= 0.6 is 7.52 Å². The molecule has 0 heterocycles. The van der Waals surface area contributed by atoms with Crippen molar-refractivity contribution < 1.29 is 9.09 Å². The highest BCUT2D eigenvalue weighted by atomic mass is 31.2. The minimum Gasteiger partial charge on any atom is -0.318 e. The molecule has 4 heteroatoms. The molecule has 0 amide bonds. The van der Waals surface area contributed by atoms with Gasteiger partial charge < -0.3 is 4.52 Å². The fraction of sp³-hybridized carbons (Fsp3) is 1.00. The third kappa shape index (κ3) is 6.54. The highest BCUT2D eigenvalue weighted by molar-refractivity contribution is 7.56. The van der Waals surface area contributed by atoms with E-state index in [0.29, 0.717) is 6.61 Å². The summed E-state index contributed by atoms with van der Waals surface area (Å²) < 4.78 is 16.5. The van der Waals surface area contributed by atoms with Crippen LogP contribution in [-0.2, 0) is 9.09 Å². The van der Waals surface area contributed by atoms with Crippen molar-refractivity contribution in [3.05, 3.63) is 0 Å². The van der Waals surface area contributed by atoms with Gasteiger partial charge in [-0.3, -0.25) is 4.57 Å². The number of nitrogens with one attached hydrogen (secondary N) is 1. The Kier molecular flexibility index (Phi) is 5.83. The maximum Gasteiger partial charge on any atom is 0.266 e. The first-order valence-corrected chi connectivity index (χ1v) is 6.16. The second kappa shape index (κ2) is 5.76. The average Bonchev–Trinajstić information content (AvgIpc) is 1.97. The predicted octanol–water partition coefficient (Wildman–Crippen LogP) is 2.24. The monoisotopic (exact) mass is 179 g/mol. The van der Waals surface area contributed by atoms with Crippen LogP contribution in [0.3, 0.4) is 0 Å². The molecule has 1 N–H and O–H groups in total. The summed E-state index contributed by atoms with van der Waals surface area (Å²) >= 11 is 0. The molecular weight excluding hydrogens is 161 g/mol. The van der Waals surface area contributed by atoms with Crippen molar-refractivity contribution in [3.63, 3.8) is 0 Å². The van der Waals surface area contributed by atoms with Gasteiger partial charge in [-0.2, -0.15) is 0 Å². The highest BCUT2D eigenvalue weighted by Gasteiger charge is 2.12. The fourth-order valence-corrected chi connectivity index (χ4v) is 1.88. The van der Waals surface area contributed by atoms with E-state index in [2.05, 4.69) is 5.09 Å². The molecule has 0 aliphatic heterocycles. The van der Waals surface area contributed by atoms with Gasteiger partial charge in [0, 0.05) is 13.2 Å². The second-order valence-electron chi connectivity index (χ2n) is 2.59. The van der Waals surface area contributed by atoms with Gasteiger partial charge in [-0.25, -0.2) is 5.09 Å². The Morgan fingerprint density at radius 2 is 2.00 bits per heavy atom. The number of rotatable bonds is 6. The van der Waals surface area contributed by atoms with Crippen LogP contribution in [-0.4, -0.2) is 19.8 Å². The van der Waals surface area contributed by atoms with Crippen LogP contribution < -0.4 is 5.09 Å². The molecule has 0 fully saturated rings. The van der Waals surface area contributed by atoms with E-state index in [4.69, 9.17) is 4.52 Å². The van der Waals surface area contributed by atoms with E-state index < -0.39 is 7.52 Å². The van der Waals surface area contributed by atoms with Gasteiger partial charge in [0.15, 0.2) is 0 Å². The summed E-state index contributed by atoms with van der Waals surface area (Å²) in [5.74, 6) is 0. The Balaban J connectivity index is 3.53. The van der Waals surface area contributed by atoms with Crippen LogP contribution in [0.15, 0.2) is 0 Å². The molecule has 0 aliphatic carbocycles. The second-order valence-corrected chi connectivity index (χ2v) is 4.85. The lowest BCUT2D eigenvalue weighted by atomic mass is 10.5. The Labute approximate surface area is 69.0 Å². The molecule has 11 heavy (non-hydrogen) atoms. The maximum absolute atomic E-state index is 11.4. The molecule has 0 rings (SSSR count). The van der Waals surface area contributed by atoms with Crippen molar-refractivity contribution in [2.45, 2.75) is 26.7 Å². The van der Waals surface area contributed by atoms with Crippen LogP contribution in [0.2, 0.25) is 0 Å². The van der Waals surface area contributed by atoms with Crippen molar-refractivity contribution in [2.75, 3.05) is 19.8 Å². The van der Waals surface area contributed by atoms with Gasteiger partial charge >= 0.3 is 0 Å². The van der Waals surface area contributed by atoms with Crippen LogP contribution in [0, 0.1) is 0 Å². The van der Waals surface area contributed by atoms with E-state index in [9.17, 15) is 4.57 Å². The SMILES string of the molecule is CCCNP(C)(=O)OCCC. The molecule has 1 unspecified atom stereocenters. The van der Waals surface area contributed by atoms with Gasteiger partial charge in [0.1, 0.15) is 0 Å². The van der Waals surface area contributed by atoms with Gasteiger partial charge in [0.2, 0.25) is 0 Å². The fourth-order valence-electron chi connectivity index (χ4n) is 0.626. The third-order valence-corrected chi connectivity index (χ3v) is 2.66. The molecule has 0 bridgehead atoms. The van der Waals surface area contributed by atoms with Crippen molar-refractivity contribution in [3.8, 4) is 0 Å². The summed E-state index contributed by atoms with van der Waals surface area (Å²) in [7, 11) is -2.48. The lowest BCUT2D eigenvalue weighted by Crippen LogP contribution is -2.12. The van der Waals surface area contributed by atoms with Crippen molar-refractivity contribution >= 4 is 7.52 Å². The molecule has 0 radical (unpaired) electrons. The molecule has 0 aliphatic rings. The summed E-state index contributed by atoms with van der Waals surface area (Å²) in [5.41, 5.74) is 0. The standard InChI is InChI=1S/C7H18NO2P/c1-4-6-8-11(3,9)10-7-5-2/h4-7H2,1-3H3,(H,8,9). The van der Waals surface area contributed by atoms with Crippen molar-refractivity contribution in [2.24, 2.45) is 0 Å². The van der Waals surface area contributed by atoms with Gasteiger partial charge in [-0.15, -0.1) is 0 Å². The van der Waals surface area contributed by atoms with E-state index in [1.54, 1.807) is 6.66 Å². The predicted molar refractivity (Wildman–Crippen MR) is 48.1 cm³/mol. The molecule has 68 valence electrons. The zero-order valence-electron chi connectivity index (χ0n) is 7.59. The summed E-state index contributed by atoms with van der Waals surface area (Å²) in [4.78, 5) is 0. The van der Waals surface area contributed by atoms with Gasteiger partial charge in [0.25, 0.3) is 7.52 Å². The van der Waals surface area contributed by atoms with E-state index in [0.717, 1.165) is 19.4 Å². The Morgan fingerprint density at radius 1 is 1.36 bits per heavy atom. The summed E-state index contributed by atoms with van der Waals surface area (Å²) in [6.07, 6.45) is 1.89. The van der Waals surface area contributed by atoms with Crippen LogP contribution in [0.4, 0.5) is 0 Å². The molecule has 0 saturated heterocycles. The van der Waals surface area contributed by atoms with Gasteiger partial charge in [-0.1, -0.05) is 13.8 Å². The Morgan fingerprint density at radius 3 is 2.45 bits per heavy atom. The first kappa shape index (κ1) is 11.2. The molecule has 3 nitrogen and oxygen atoms in total. The van der Waals surface area contributed by atoms with Crippen LogP contribution in [0.1, 0.15) is 26.7 Å². The Bertz CT molecular complexity index is 126. The first-order valence-electron chi connectivity index (χ1n) is 4.09. The Hall–Kier alpha value is 0.150. The zero-order valence-corrected chi connectivity index (χ0v) is 8.49. The van der Waals surface area contributed by atoms with Gasteiger partial charge in [-0.05, 0) is 12.8 Å². The third-order valence-electron chi connectivity index (χ3n) is 1.19. The zero-order chi connectivity index (χ0) is 8.74. The van der Waals surface area contributed by atoms with E-state index in [-0.39, 0.29) is 0 Å². The normalized spacial score (nSPS) is 16.3. The average molecular weight is 179 g/mol. The van der Waals surface area contributed by atoms with Crippen molar-refractivity contribution in [1.82, 2.24) is 5.09 Å². The van der Waals surface area contributed by atoms with E-state index >= 15 is 0 Å². The van der Waals surface area contributed by atoms with Crippen LogP contribution in [0.25, 0.3) is 0 Å².